The van der Waals surface area contributed by atoms with E-state index < -0.39 is 5.60 Å². The van der Waals surface area contributed by atoms with E-state index in [-0.39, 0.29) is 23.7 Å². The van der Waals surface area contributed by atoms with Crippen LogP contribution in [0.2, 0.25) is 0 Å². The van der Waals surface area contributed by atoms with Gasteiger partial charge in [-0.05, 0) is 37.0 Å². The Bertz CT molecular complexity index is 795. The standard InChI is InChI=1S/C21H25N3O2/c22-19-16(9-6-13-23-19)20(25)24-14-12-21(26,15-7-2-1-3-8-15)17-10-4-5-11-18(17)24/h1-3,6-9,13,17-18,26H,4-5,10-12,14H2,(H2,22,23)/t17-,18+,21-/m0/s1. The van der Waals surface area contributed by atoms with E-state index in [0.29, 0.717) is 18.5 Å². The fraction of sp³-hybridized carbons (Fsp3) is 0.429. The lowest BCUT2D eigenvalue weighted by atomic mass is 9.66. The minimum Gasteiger partial charge on any atom is -0.385 e. The number of nitrogens with two attached hydrogens (primary N) is 1. The van der Waals surface area contributed by atoms with Gasteiger partial charge < -0.3 is 15.7 Å². The number of pyridine rings is 1. The highest BCUT2D eigenvalue weighted by molar-refractivity contribution is 5.98. The first kappa shape index (κ1) is 17.0. The Kier molecular flexibility index (Phi) is 4.41. The predicted molar refractivity (Wildman–Crippen MR) is 100 cm³/mol. The van der Waals surface area contributed by atoms with Gasteiger partial charge in [0.15, 0.2) is 0 Å². The first-order valence-electron chi connectivity index (χ1n) is 9.40. The van der Waals surface area contributed by atoms with Crippen molar-refractivity contribution in [3.63, 3.8) is 0 Å². The molecule has 0 unspecified atom stereocenters. The molecule has 2 fully saturated rings. The van der Waals surface area contributed by atoms with E-state index in [1.54, 1.807) is 18.3 Å². The molecule has 1 aliphatic carbocycles. The Balaban J connectivity index is 1.67. The molecule has 1 aromatic carbocycles. The number of likely N-dealkylation sites (tertiary alicyclic amines) is 1. The SMILES string of the molecule is Nc1ncccc1C(=O)N1CC[C@](O)(c2ccccc2)[C@H]2CCCC[C@H]21. The smallest absolute Gasteiger partial charge is 0.257 e. The zero-order chi connectivity index (χ0) is 18.1. The van der Waals surface area contributed by atoms with Gasteiger partial charge in [0.05, 0.1) is 11.2 Å². The van der Waals surface area contributed by atoms with Crippen molar-refractivity contribution in [2.75, 3.05) is 12.3 Å². The molecule has 2 aromatic rings. The van der Waals surface area contributed by atoms with Gasteiger partial charge in [0, 0.05) is 24.7 Å². The van der Waals surface area contributed by atoms with Crippen molar-refractivity contribution in [1.82, 2.24) is 9.88 Å². The van der Waals surface area contributed by atoms with Crippen LogP contribution in [0.15, 0.2) is 48.7 Å². The maximum absolute atomic E-state index is 13.1. The Morgan fingerprint density at radius 1 is 1.15 bits per heavy atom. The highest BCUT2D eigenvalue weighted by Gasteiger charge is 2.50. The summed E-state index contributed by atoms with van der Waals surface area (Å²) in [5.41, 5.74) is 6.48. The van der Waals surface area contributed by atoms with Crippen molar-refractivity contribution in [1.29, 1.82) is 0 Å². The molecule has 1 saturated carbocycles. The van der Waals surface area contributed by atoms with Crippen molar-refractivity contribution in [2.24, 2.45) is 5.92 Å². The minimum absolute atomic E-state index is 0.0369. The lowest BCUT2D eigenvalue weighted by molar-refractivity contribution is -0.110. The highest BCUT2D eigenvalue weighted by Crippen LogP contribution is 2.47. The first-order valence-corrected chi connectivity index (χ1v) is 9.40. The molecule has 1 amide bonds. The number of nitrogen functional groups attached to an aromatic ring is 1. The summed E-state index contributed by atoms with van der Waals surface area (Å²) in [6.45, 7) is 0.528. The Morgan fingerprint density at radius 3 is 2.69 bits per heavy atom. The molecular weight excluding hydrogens is 326 g/mol. The average Bonchev–Trinajstić information content (AvgIpc) is 2.69. The van der Waals surface area contributed by atoms with E-state index in [4.69, 9.17) is 5.73 Å². The largest absolute Gasteiger partial charge is 0.385 e. The van der Waals surface area contributed by atoms with E-state index in [0.717, 1.165) is 31.2 Å². The summed E-state index contributed by atoms with van der Waals surface area (Å²) in [6.07, 6.45) is 6.17. The summed E-state index contributed by atoms with van der Waals surface area (Å²) in [7, 11) is 0. The van der Waals surface area contributed by atoms with Crippen LogP contribution in [0.25, 0.3) is 0 Å². The van der Waals surface area contributed by atoms with Crippen LogP contribution < -0.4 is 5.73 Å². The van der Waals surface area contributed by atoms with Crippen LogP contribution in [0.4, 0.5) is 5.82 Å². The second-order valence-electron chi connectivity index (χ2n) is 7.43. The number of benzene rings is 1. The minimum atomic E-state index is -0.871. The van der Waals surface area contributed by atoms with Crippen LogP contribution in [0.1, 0.15) is 48.0 Å². The van der Waals surface area contributed by atoms with Crippen LogP contribution in [0.5, 0.6) is 0 Å². The molecule has 3 atom stereocenters. The number of hydrogen-bond acceptors (Lipinski definition) is 4. The summed E-state index contributed by atoms with van der Waals surface area (Å²) in [4.78, 5) is 19.1. The second kappa shape index (κ2) is 6.72. The lowest BCUT2D eigenvalue weighted by Crippen LogP contribution is -2.59. The second-order valence-corrected chi connectivity index (χ2v) is 7.43. The number of carbonyl (C=O) groups is 1. The fourth-order valence-electron chi connectivity index (χ4n) is 4.77. The molecule has 1 aromatic heterocycles. The summed E-state index contributed by atoms with van der Waals surface area (Å²) in [6, 6.07) is 13.4. The number of amides is 1. The average molecular weight is 351 g/mol. The molecule has 2 heterocycles. The van der Waals surface area contributed by atoms with E-state index in [9.17, 15) is 9.90 Å². The van der Waals surface area contributed by atoms with E-state index in [1.807, 2.05) is 35.2 Å². The van der Waals surface area contributed by atoms with E-state index in [2.05, 4.69) is 4.98 Å². The third-order valence-corrected chi connectivity index (χ3v) is 6.08. The van der Waals surface area contributed by atoms with Crippen LogP contribution in [-0.4, -0.2) is 33.5 Å². The van der Waals surface area contributed by atoms with Gasteiger partial charge in [-0.1, -0.05) is 43.2 Å². The third-order valence-electron chi connectivity index (χ3n) is 6.08. The lowest BCUT2D eigenvalue weighted by Gasteiger charge is -2.52. The van der Waals surface area contributed by atoms with Gasteiger partial charge in [0.1, 0.15) is 5.82 Å². The molecule has 1 aliphatic heterocycles. The van der Waals surface area contributed by atoms with Crippen molar-refractivity contribution < 1.29 is 9.90 Å². The normalized spacial score (nSPS) is 28.4. The maximum atomic E-state index is 13.1. The number of aromatic nitrogens is 1. The number of anilines is 1. The molecule has 0 radical (unpaired) electrons. The van der Waals surface area contributed by atoms with Crippen LogP contribution in [-0.2, 0) is 5.60 Å². The molecule has 2 aliphatic rings. The van der Waals surface area contributed by atoms with Crippen molar-refractivity contribution in [3.05, 3.63) is 59.8 Å². The topological polar surface area (TPSA) is 79.5 Å². The molecule has 1 saturated heterocycles. The number of rotatable bonds is 2. The zero-order valence-electron chi connectivity index (χ0n) is 14.8. The number of nitrogens with zero attached hydrogens (tertiary/aromatic N) is 2. The summed E-state index contributed by atoms with van der Waals surface area (Å²) in [5.74, 6) is 0.255. The molecule has 136 valence electrons. The van der Waals surface area contributed by atoms with E-state index >= 15 is 0 Å². The quantitative estimate of drug-likeness (QED) is 0.872. The maximum Gasteiger partial charge on any atom is 0.257 e. The number of aliphatic hydroxyl groups is 1. The number of fused-ring (bicyclic) bond motifs is 1. The van der Waals surface area contributed by atoms with Gasteiger partial charge in [-0.15, -0.1) is 0 Å². The van der Waals surface area contributed by atoms with Gasteiger partial charge in [-0.2, -0.15) is 0 Å². The monoisotopic (exact) mass is 351 g/mol. The van der Waals surface area contributed by atoms with Gasteiger partial charge >= 0.3 is 0 Å². The molecule has 4 rings (SSSR count). The Hall–Kier alpha value is -2.40. The Labute approximate surface area is 153 Å². The predicted octanol–water partition coefficient (Wildman–Crippen LogP) is 2.96. The third kappa shape index (κ3) is 2.76. The first-order chi connectivity index (χ1) is 12.6. The van der Waals surface area contributed by atoms with Crippen LogP contribution in [0, 0.1) is 5.92 Å². The van der Waals surface area contributed by atoms with Crippen molar-refractivity contribution >= 4 is 11.7 Å². The fourth-order valence-corrected chi connectivity index (χ4v) is 4.77. The summed E-state index contributed by atoms with van der Waals surface area (Å²) < 4.78 is 0. The molecular formula is C21H25N3O2. The van der Waals surface area contributed by atoms with Gasteiger partial charge in [-0.25, -0.2) is 4.98 Å². The van der Waals surface area contributed by atoms with Crippen molar-refractivity contribution in [2.45, 2.75) is 43.7 Å². The molecule has 0 spiro atoms. The zero-order valence-corrected chi connectivity index (χ0v) is 14.8. The number of piperidine rings is 1. The van der Waals surface area contributed by atoms with Crippen LogP contribution >= 0.6 is 0 Å². The molecule has 0 bridgehead atoms. The summed E-state index contributed by atoms with van der Waals surface area (Å²) >= 11 is 0. The Morgan fingerprint density at radius 2 is 1.92 bits per heavy atom. The highest BCUT2D eigenvalue weighted by atomic mass is 16.3. The molecule has 5 nitrogen and oxygen atoms in total. The molecule has 26 heavy (non-hydrogen) atoms. The number of carbonyl (C=O) groups excluding carboxylic acids is 1. The van der Waals surface area contributed by atoms with Gasteiger partial charge in [0.25, 0.3) is 5.91 Å². The van der Waals surface area contributed by atoms with Gasteiger partial charge in [0.2, 0.25) is 0 Å². The molecule has 5 heteroatoms. The summed E-state index contributed by atoms with van der Waals surface area (Å²) in [5, 5.41) is 11.6. The van der Waals surface area contributed by atoms with Crippen LogP contribution in [0.3, 0.4) is 0 Å². The van der Waals surface area contributed by atoms with E-state index in [1.165, 1.54) is 0 Å². The number of hydrogen-bond donors (Lipinski definition) is 2. The molecule has 3 N–H and O–H groups in total. The van der Waals surface area contributed by atoms with Gasteiger partial charge in [-0.3, -0.25) is 4.79 Å². The van der Waals surface area contributed by atoms with Crippen molar-refractivity contribution in [3.8, 4) is 0 Å².